The highest BCUT2D eigenvalue weighted by atomic mass is 16.5. The zero-order chi connectivity index (χ0) is 21.8. The van der Waals surface area contributed by atoms with Crippen molar-refractivity contribution in [2.75, 3.05) is 39.3 Å². The molecule has 0 radical (unpaired) electrons. The highest BCUT2D eigenvalue weighted by Gasteiger charge is 2.34. The topological polar surface area (TPSA) is 36.0 Å². The summed E-state index contributed by atoms with van der Waals surface area (Å²) in [5, 5.41) is 0. The van der Waals surface area contributed by atoms with E-state index in [9.17, 15) is 4.79 Å². The highest BCUT2D eigenvalue weighted by molar-refractivity contribution is 5.81. The van der Waals surface area contributed by atoms with Crippen LogP contribution in [0, 0.1) is 0 Å². The lowest BCUT2D eigenvalue weighted by molar-refractivity contribution is -0.148. The van der Waals surface area contributed by atoms with Crippen LogP contribution in [-0.4, -0.2) is 78.1 Å². The number of hydrogen-bond acceptors (Lipinski definition) is 4. The molecular weight excluding hydrogens is 386 g/mol. The maximum atomic E-state index is 13.2. The maximum absolute atomic E-state index is 13.2. The molecule has 166 valence electrons. The van der Waals surface area contributed by atoms with Crippen LogP contribution in [0.3, 0.4) is 0 Å². The molecule has 2 fully saturated rings. The van der Waals surface area contributed by atoms with E-state index in [4.69, 9.17) is 4.74 Å². The van der Waals surface area contributed by atoms with Crippen molar-refractivity contribution in [3.63, 3.8) is 0 Å². The smallest absolute Gasteiger partial charge is 0.239 e. The van der Waals surface area contributed by atoms with Gasteiger partial charge in [0.15, 0.2) is 0 Å². The molecule has 2 aliphatic rings. The number of carbonyl (C=O) groups excluding carboxylic acids is 1. The minimum atomic E-state index is -0.0912. The molecule has 31 heavy (non-hydrogen) atoms. The van der Waals surface area contributed by atoms with Gasteiger partial charge in [-0.2, -0.15) is 0 Å². The Balaban J connectivity index is 1.42. The molecule has 0 bridgehead atoms. The first-order chi connectivity index (χ1) is 15.0. The molecule has 2 heterocycles. The van der Waals surface area contributed by atoms with Gasteiger partial charge in [-0.15, -0.1) is 0 Å². The Morgan fingerprint density at radius 2 is 1.26 bits per heavy atom. The predicted octanol–water partition coefficient (Wildman–Crippen LogP) is 3.42. The van der Waals surface area contributed by atoms with Crippen LogP contribution in [0.5, 0.6) is 0 Å². The molecule has 3 atom stereocenters. The van der Waals surface area contributed by atoms with E-state index in [2.05, 4.69) is 77.4 Å². The fourth-order valence-corrected chi connectivity index (χ4v) is 5.05. The van der Waals surface area contributed by atoms with Gasteiger partial charge in [-0.3, -0.25) is 14.6 Å². The molecule has 2 saturated heterocycles. The van der Waals surface area contributed by atoms with Crippen LogP contribution in [0.4, 0.5) is 0 Å². The fourth-order valence-electron chi connectivity index (χ4n) is 5.05. The summed E-state index contributed by atoms with van der Waals surface area (Å²) >= 11 is 0. The van der Waals surface area contributed by atoms with E-state index in [0.29, 0.717) is 13.1 Å². The molecule has 0 unspecified atom stereocenters. The van der Waals surface area contributed by atoms with Gasteiger partial charge in [0.25, 0.3) is 0 Å². The van der Waals surface area contributed by atoms with Crippen molar-refractivity contribution in [2.24, 2.45) is 0 Å². The van der Waals surface area contributed by atoms with E-state index < -0.39 is 0 Å². The molecule has 2 aliphatic heterocycles. The van der Waals surface area contributed by atoms with Gasteiger partial charge in [0.1, 0.15) is 0 Å². The van der Waals surface area contributed by atoms with E-state index in [1.165, 1.54) is 11.1 Å². The van der Waals surface area contributed by atoms with Gasteiger partial charge in [0.05, 0.1) is 24.3 Å². The largest absolute Gasteiger partial charge is 0.372 e. The minimum Gasteiger partial charge on any atom is -0.372 e. The molecule has 0 aromatic heterocycles. The Morgan fingerprint density at radius 3 is 1.74 bits per heavy atom. The Hall–Kier alpha value is -2.21. The summed E-state index contributed by atoms with van der Waals surface area (Å²) in [4.78, 5) is 20.1. The molecule has 5 heteroatoms. The summed E-state index contributed by atoms with van der Waals surface area (Å²) in [6, 6.07) is 21.7. The SMILES string of the molecule is C[C@@H]1CN(C(=O)[C@@H](C)N2CCN(C(c3ccccc3)c3ccccc3)CC2)C[C@@H](C)O1. The Morgan fingerprint density at radius 1 is 0.806 bits per heavy atom. The number of nitrogens with zero attached hydrogens (tertiary/aromatic N) is 3. The molecule has 1 amide bonds. The lowest BCUT2D eigenvalue weighted by Crippen LogP contribution is -2.57. The van der Waals surface area contributed by atoms with Gasteiger partial charge in [0, 0.05) is 39.3 Å². The summed E-state index contributed by atoms with van der Waals surface area (Å²) in [5.74, 6) is 0.234. The molecule has 4 rings (SSSR count). The van der Waals surface area contributed by atoms with Gasteiger partial charge in [-0.25, -0.2) is 0 Å². The van der Waals surface area contributed by atoms with Gasteiger partial charge in [-0.05, 0) is 31.9 Å². The molecule has 0 aliphatic carbocycles. The molecule has 0 spiro atoms. The minimum absolute atomic E-state index is 0.0912. The molecule has 2 aromatic carbocycles. The summed E-state index contributed by atoms with van der Waals surface area (Å²) < 4.78 is 5.80. The lowest BCUT2D eigenvalue weighted by Gasteiger charge is -2.43. The highest BCUT2D eigenvalue weighted by Crippen LogP contribution is 2.29. The maximum Gasteiger partial charge on any atom is 0.239 e. The van der Waals surface area contributed by atoms with Crippen molar-refractivity contribution in [1.82, 2.24) is 14.7 Å². The van der Waals surface area contributed by atoms with Gasteiger partial charge >= 0.3 is 0 Å². The van der Waals surface area contributed by atoms with Crippen LogP contribution in [0.2, 0.25) is 0 Å². The summed E-state index contributed by atoms with van der Waals surface area (Å²) in [6.45, 7) is 11.2. The van der Waals surface area contributed by atoms with Gasteiger partial charge in [0.2, 0.25) is 5.91 Å². The first-order valence-electron chi connectivity index (χ1n) is 11.5. The third-order valence-electron chi connectivity index (χ3n) is 6.58. The standard InChI is InChI=1S/C26H35N3O2/c1-20-18-29(19-21(2)31-20)26(30)22(3)27-14-16-28(17-15-27)25(23-10-6-4-7-11-23)24-12-8-5-9-13-24/h4-13,20-22,25H,14-19H2,1-3H3/t20-,21-,22-/m1/s1. The van der Waals surface area contributed by atoms with Crippen LogP contribution >= 0.6 is 0 Å². The number of piperazine rings is 1. The first-order valence-corrected chi connectivity index (χ1v) is 11.5. The second kappa shape index (κ2) is 9.94. The van der Waals surface area contributed by atoms with Crippen LogP contribution in [-0.2, 0) is 9.53 Å². The monoisotopic (exact) mass is 421 g/mol. The third-order valence-corrected chi connectivity index (χ3v) is 6.58. The zero-order valence-corrected chi connectivity index (χ0v) is 19.0. The van der Waals surface area contributed by atoms with Crippen LogP contribution < -0.4 is 0 Å². The van der Waals surface area contributed by atoms with Crippen molar-refractivity contribution < 1.29 is 9.53 Å². The van der Waals surface area contributed by atoms with Gasteiger partial charge < -0.3 is 9.64 Å². The number of morpholine rings is 1. The quantitative estimate of drug-likeness (QED) is 0.741. The Labute approximate surface area is 186 Å². The van der Waals surface area contributed by atoms with Crippen molar-refractivity contribution in [1.29, 1.82) is 0 Å². The predicted molar refractivity (Wildman–Crippen MR) is 124 cm³/mol. The number of hydrogen-bond donors (Lipinski definition) is 0. The van der Waals surface area contributed by atoms with Gasteiger partial charge in [-0.1, -0.05) is 60.7 Å². The van der Waals surface area contributed by atoms with Crippen molar-refractivity contribution >= 4 is 5.91 Å². The fraction of sp³-hybridized carbons (Fsp3) is 0.500. The number of ether oxygens (including phenoxy) is 1. The third kappa shape index (κ3) is 5.17. The number of carbonyl (C=O) groups is 1. The van der Waals surface area contributed by atoms with Crippen molar-refractivity contribution in [3.05, 3.63) is 71.8 Å². The van der Waals surface area contributed by atoms with E-state index in [1.54, 1.807) is 0 Å². The Kier molecular flexibility index (Phi) is 7.06. The van der Waals surface area contributed by atoms with E-state index in [1.807, 2.05) is 18.7 Å². The first kappa shape index (κ1) is 22.0. The number of benzene rings is 2. The second-order valence-electron chi connectivity index (χ2n) is 8.97. The summed E-state index contributed by atoms with van der Waals surface area (Å²) in [6.07, 6.45) is 0.212. The Bertz CT molecular complexity index is 787. The number of rotatable bonds is 5. The molecule has 0 N–H and O–H groups in total. The lowest BCUT2D eigenvalue weighted by atomic mass is 9.96. The molecular formula is C26H35N3O2. The second-order valence-corrected chi connectivity index (χ2v) is 8.97. The summed E-state index contributed by atoms with van der Waals surface area (Å²) in [5.41, 5.74) is 2.64. The van der Waals surface area contributed by atoms with Crippen molar-refractivity contribution in [2.45, 2.75) is 45.1 Å². The molecule has 2 aromatic rings. The van der Waals surface area contributed by atoms with Crippen LogP contribution in [0.1, 0.15) is 37.9 Å². The average molecular weight is 422 g/mol. The van der Waals surface area contributed by atoms with E-state index >= 15 is 0 Å². The van der Waals surface area contributed by atoms with Crippen LogP contribution in [0.25, 0.3) is 0 Å². The molecule has 5 nitrogen and oxygen atoms in total. The summed E-state index contributed by atoms with van der Waals surface area (Å²) in [7, 11) is 0. The van der Waals surface area contributed by atoms with Crippen molar-refractivity contribution in [3.8, 4) is 0 Å². The number of amides is 1. The average Bonchev–Trinajstić information content (AvgIpc) is 2.79. The van der Waals surface area contributed by atoms with E-state index in [-0.39, 0.29) is 30.2 Å². The molecule has 0 saturated carbocycles. The van der Waals surface area contributed by atoms with Crippen LogP contribution in [0.15, 0.2) is 60.7 Å². The van der Waals surface area contributed by atoms with E-state index in [0.717, 1.165) is 26.2 Å². The zero-order valence-electron chi connectivity index (χ0n) is 19.0. The normalized spacial score (nSPS) is 24.3.